The van der Waals surface area contributed by atoms with E-state index < -0.39 is 0 Å². The summed E-state index contributed by atoms with van der Waals surface area (Å²) in [4.78, 5) is 0. The van der Waals surface area contributed by atoms with Gasteiger partial charge in [-0.25, -0.2) is 0 Å². The minimum atomic E-state index is 0.264. The van der Waals surface area contributed by atoms with Crippen LogP contribution in [0, 0.1) is 11.3 Å². The van der Waals surface area contributed by atoms with E-state index in [-0.39, 0.29) is 5.75 Å². The van der Waals surface area contributed by atoms with Crippen LogP contribution in [0.4, 0.5) is 0 Å². The van der Waals surface area contributed by atoms with Gasteiger partial charge in [0.15, 0.2) is 0 Å². The fourth-order valence-corrected chi connectivity index (χ4v) is 3.58. The molecule has 0 atom stereocenters. The third-order valence-electron chi connectivity index (χ3n) is 4.00. The fourth-order valence-electron chi connectivity index (χ4n) is 2.29. The molecule has 1 fully saturated rings. The Balaban J connectivity index is 1.91. The number of benzene rings is 1. The largest absolute Gasteiger partial charge is 0.506 e. The van der Waals surface area contributed by atoms with E-state index in [1.54, 1.807) is 0 Å². The van der Waals surface area contributed by atoms with Crippen molar-refractivity contribution in [1.82, 2.24) is 5.32 Å². The molecule has 0 unspecified atom stereocenters. The van der Waals surface area contributed by atoms with Gasteiger partial charge in [-0.3, -0.25) is 0 Å². The zero-order valence-electron chi connectivity index (χ0n) is 10.8. The highest BCUT2D eigenvalue weighted by molar-refractivity contribution is 9.11. The molecule has 1 saturated carbocycles. The lowest BCUT2D eigenvalue weighted by atomic mass is 9.92. The van der Waals surface area contributed by atoms with Gasteiger partial charge in [0.2, 0.25) is 0 Å². The lowest BCUT2D eigenvalue weighted by Crippen LogP contribution is -2.27. The molecule has 18 heavy (non-hydrogen) atoms. The molecule has 4 heteroatoms. The van der Waals surface area contributed by atoms with Gasteiger partial charge in [-0.05, 0) is 73.7 Å². The van der Waals surface area contributed by atoms with Crippen LogP contribution in [0.25, 0.3) is 0 Å². The van der Waals surface area contributed by atoms with Gasteiger partial charge in [0.25, 0.3) is 0 Å². The maximum absolute atomic E-state index is 9.65. The van der Waals surface area contributed by atoms with E-state index in [0.717, 1.165) is 28.0 Å². The minimum Gasteiger partial charge on any atom is -0.506 e. The molecule has 1 aromatic rings. The molecule has 2 N–H and O–H groups in total. The van der Waals surface area contributed by atoms with Gasteiger partial charge >= 0.3 is 0 Å². The summed E-state index contributed by atoms with van der Waals surface area (Å²) in [7, 11) is 0. The smallest absolute Gasteiger partial charge is 0.143 e. The fraction of sp³-hybridized carbons (Fsp3) is 0.571. The zero-order valence-corrected chi connectivity index (χ0v) is 13.9. The summed E-state index contributed by atoms with van der Waals surface area (Å²) in [6, 6.07) is 3.92. The number of nitrogens with one attached hydrogen (secondary N) is 1. The standard InChI is InChI=1S/C14H19Br2NO/c1-9(2)14(3-4-14)8-17-7-10-5-11(15)13(18)12(16)6-10/h5-6,9,17-18H,3-4,7-8H2,1-2H3. The van der Waals surface area contributed by atoms with Gasteiger partial charge in [0.1, 0.15) is 5.75 Å². The van der Waals surface area contributed by atoms with Crippen LogP contribution in [0.2, 0.25) is 0 Å². The van der Waals surface area contributed by atoms with Crippen LogP contribution in [0.15, 0.2) is 21.1 Å². The highest BCUT2D eigenvalue weighted by Crippen LogP contribution is 2.51. The lowest BCUT2D eigenvalue weighted by molar-refractivity contribution is 0.338. The molecule has 0 aliphatic heterocycles. The Kier molecular flexibility index (Phi) is 4.40. The van der Waals surface area contributed by atoms with Crippen molar-refractivity contribution in [2.45, 2.75) is 33.2 Å². The Bertz CT molecular complexity index is 418. The Labute approximate surface area is 125 Å². The molecule has 0 spiro atoms. The summed E-state index contributed by atoms with van der Waals surface area (Å²) in [5, 5.41) is 13.2. The molecule has 0 amide bonds. The Hall–Kier alpha value is -0.0600. The van der Waals surface area contributed by atoms with Gasteiger partial charge in [0.05, 0.1) is 8.95 Å². The topological polar surface area (TPSA) is 32.3 Å². The van der Waals surface area contributed by atoms with Crippen molar-refractivity contribution in [1.29, 1.82) is 0 Å². The second-order valence-corrected chi connectivity index (χ2v) is 7.24. The van der Waals surface area contributed by atoms with Crippen molar-refractivity contribution in [3.8, 4) is 5.75 Å². The SMILES string of the molecule is CC(C)C1(CNCc2cc(Br)c(O)c(Br)c2)CC1. The number of hydrogen-bond acceptors (Lipinski definition) is 2. The molecule has 1 aromatic carbocycles. The van der Waals surface area contributed by atoms with Crippen LogP contribution in [0.1, 0.15) is 32.3 Å². The first-order chi connectivity index (χ1) is 8.44. The number of aromatic hydroxyl groups is 1. The average molecular weight is 377 g/mol. The summed E-state index contributed by atoms with van der Waals surface area (Å²) in [5.41, 5.74) is 1.71. The molecule has 1 aliphatic carbocycles. The van der Waals surface area contributed by atoms with Crippen LogP contribution in [0.5, 0.6) is 5.75 Å². The monoisotopic (exact) mass is 375 g/mol. The average Bonchev–Trinajstić information content (AvgIpc) is 3.07. The van der Waals surface area contributed by atoms with E-state index in [2.05, 4.69) is 51.0 Å². The first kappa shape index (κ1) is 14.4. The number of phenolic OH excluding ortho intramolecular Hbond substituents is 1. The van der Waals surface area contributed by atoms with Crippen molar-refractivity contribution < 1.29 is 5.11 Å². The van der Waals surface area contributed by atoms with Crippen LogP contribution in [-0.2, 0) is 6.54 Å². The Morgan fingerprint density at radius 2 is 1.83 bits per heavy atom. The predicted molar refractivity (Wildman–Crippen MR) is 81.7 cm³/mol. The summed E-state index contributed by atoms with van der Waals surface area (Å²) >= 11 is 6.71. The van der Waals surface area contributed by atoms with Crippen LogP contribution in [0.3, 0.4) is 0 Å². The molecule has 0 aromatic heterocycles. The van der Waals surface area contributed by atoms with E-state index in [1.807, 2.05) is 12.1 Å². The van der Waals surface area contributed by atoms with Crippen molar-refractivity contribution in [2.75, 3.05) is 6.54 Å². The molecule has 2 rings (SSSR count). The van der Waals surface area contributed by atoms with Crippen molar-refractivity contribution >= 4 is 31.9 Å². The molecule has 0 heterocycles. The first-order valence-electron chi connectivity index (χ1n) is 6.32. The summed E-state index contributed by atoms with van der Waals surface area (Å²) in [6.07, 6.45) is 2.70. The Morgan fingerprint density at radius 1 is 1.28 bits per heavy atom. The van der Waals surface area contributed by atoms with Crippen LogP contribution in [-0.4, -0.2) is 11.7 Å². The minimum absolute atomic E-state index is 0.264. The molecule has 1 aliphatic rings. The van der Waals surface area contributed by atoms with Crippen molar-refractivity contribution in [2.24, 2.45) is 11.3 Å². The summed E-state index contributed by atoms with van der Waals surface area (Å²) < 4.78 is 1.47. The molecular weight excluding hydrogens is 358 g/mol. The number of hydrogen-bond donors (Lipinski definition) is 2. The van der Waals surface area contributed by atoms with Crippen LogP contribution < -0.4 is 5.32 Å². The lowest BCUT2D eigenvalue weighted by Gasteiger charge is -2.20. The third-order valence-corrected chi connectivity index (χ3v) is 5.21. The van der Waals surface area contributed by atoms with Crippen molar-refractivity contribution in [3.05, 3.63) is 26.6 Å². The normalized spacial score (nSPS) is 17.2. The van der Waals surface area contributed by atoms with Gasteiger partial charge in [-0.1, -0.05) is 13.8 Å². The second-order valence-electron chi connectivity index (χ2n) is 5.53. The maximum Gasteiger partial charge on any atom is 0.143 e. The van der Waals surface area contributed by atoms with Gasteiger partial charge in [-0.2, -0.15) is 0 Å². The second kappa shape index (κ2) is 5.51. The zero-order chi connectivity index (χ0) is 13.3. The van der Waals surface area contributed by atoms with E-state index in [9.17, 15) is 5.11 Å². The maximum atomic E-state index is 9.65. The van der Waals surface area contributed by atoms with E-state index in [4.69, 9.17) is 0 Å². The summed E-state index contributed by atoms with van der Waals surface area (Å²) in [6.45, 7) is 6.54. The van der Waals surface area contributed by atoms with E-state index in [0.29, 0.717) is 5.41 Å². The molecule has 100 valence electrons. The van der Waals surface area contributed by atoms with Crippen LogP contribution >= 0.6 is 31.9 Å². The van der Waals surface area contributed by atoms with Gasteiger partial charge in [0, 0.05) is 13.1 Å². The van der Waals surface area contributed by atoms with Crippen molar-refractivity contribution in [3.63, 3.8) is 0 Å². The number of phenols is 1. The predicted octanol–water partition coefficient (Wildman–Crippen LogP) is 4.44. The highest BCUT2D eigenvalue weighted by Gasteiger charge is 2.44. The molecule has 0 radical (unpaired) electrons. The quantitative estimate of drug-likeness (QED) is 0.795. The Morgan fingerprint density at radius 3 is 2.28 bits per heavy atom. The molecular formula is C14H19Br2NO. The molecule has 2 nitrogen and oxygen atoms in total. The van der Waals surface area contributed by atoms with E-state index in [1.165, 1.54) is 18.4 Å². The highest BCUT2D eigenvalue weighted by atomic mass is 79.9. The summed E-state index contributed by atoms with van der Waals surface area (Å²) in [5.74, 6) is 1.02. The number of rotatable bonds is 5. The molecule has 0 bridgehead atoms. The third kappa shape index (κ3) is 3.09. The molecule has 0 saturated heterocycles. The van der Waals surface area contributed by atoms with Gasteiger partial charge in [-0.15, -0.1) is 0 Å². The number of halogens is 2. The van der Waals surface area contributed by atoms with Gasteiger partial charge < -0.3 is 10.4 Å². The van der Waals surface area contributed by atoms with E-state index >= 15 is 0 Å². The first-order valence-corrected chi connectivity index (χ1v) is 7.91.